The second-order valence-electron chi connectivity index (χ2n) is 6.60. The van der Waals surface area contributed by atoms with Gasteiger partial charge >= 0.3 is 166 Å². The molecule has 24 heavy (non-hydrogen) atoms. The Hall–Kier alpha value is 0.449. The first kappa shape index (κ1) is 22.5. The van der Waals surface area contributed by atoms with Gasteiger partial charge in [0.15, 0.2) is 0 Å². The number of halogens is 1. The molecule has 0 fully saturated rings. The van der Waals surface area contributed by atoms with Gasteiger partial charge in [-0.2, -0.15) is 0 Å². The van der Waals surface area contributed by atoms with E-state index in [1.165, 1.54) is 56.3 Å². The summed E-state index contributed by atoms with van der Waals surface area (Å²) in [5.74, 6) is -0.156. The van der Waals surface area contributed by atoms with Gasteiger partial charge in [-0.3, -0.25) is 0 Å². The third kappa shape index (κ3) is 6.31. The Morgan fingerprint density at radius 3 is 1.96 bits per heavy atom. The van der Waals surface area contributed by atoms with Crippen LogP contribution in [0.4, 0.5) is 0 Å². The molecule has 138 valence electrons. The van der Waals surface area contributed by atoms with Crippen LogP contribution in [0.25, 0.3) is 0 Å². The van der Waals surface area contributed by atoms with E-state index in [0.29, 0.717) is 6.61 Å². The molecule has 0 aliphatic carbocycles. The molecule has 0 amide bonds. The SMILES string of the molecule is CCC[CH2][Sn]([CH2]CCC)([CH2]CCC)[c]1sc(C(=O)OCC)cc1Br. The fraction of sp³-hybridized carbons (Fsp3) is 0.737. The summed E-state index contributed by atoms with van der Waals surface area (Å²) in [6.45, 7) is 9.20. The normalized spacial score (nSPS) is 11.7. The zero-order valence-corrected chi connectivity index (χ0v) is 21.0. The van der Waals surface area contributed by atoms with Gasteiger partial charge in [-0.15, -0.1) is 0 Å². The summed E-state index contributed by atoms with van der Waals surface area (Å²) in [5.41, 5.74) is 0. The van der Waals surface area contributed by atoms with Crippen LogP contribution < -0.4 is 2.89 Å². The monoisotopic (exact) mass is 524 g/mol. The predicted octanol–water partition coefficient (Wildman–Crippen LogP) is 6.74. The van der Waals surface area contributed by atoms with Gasteiger partial charge in [-0.25, -0.2) is 0 Å². The molecule has 5 heteroatoms. The van der Waals surface area contributed by atoms with Crippen molar-refractivity contribution in [3.8, 4) is 0 Å². The van der Waals surface area contributed by atoms with Crippen molar-refractivity contribution >= 4 is 54.5 Å². The van der Waals surface area contributed by atoms with Gasteiger partial charge in [0.25, 0.3) is 0 Å². The molecule has 0 radical (unpaired) electrons. The number of rotatable bonds is 12. The molecule has 0 aliphatic rings. The molecule has 1 heterocycles. The van der Waals surface area contributed by atoms with Crippen LogP contribution in [-0.2, 0) is 4.74 Å². The number of unbranched alkanes of at least 4 members (excludes halogenated alkanes) is 3. The van der Waals surface area contributed by atoms with Crippen LogP contribution in [0.1, 0.15) is 75.9 Å². The molecule has 0 atom stereocenters. The first-order valence-corrected chi connectivity index (χ1v) is 18.6. The summed E-state index contributed by atoms with van der Waals surface area (Å²) in [6, 6.07) is 2.02. The van der Waals surface area contributed by atoms with Crippen molar-refractivity contribution in [2.45, 2.75) is 79.5 Å². The average molecular weight is 524 g/mol. The number of thiophene rings is 1. The Morgan fingerprint density at radius 2 is 1.54 bits per heavy atom. The Morgan fingerprint density at radius 1 is 1.04 bits per heavy atom. The summed E-state index contributed by atoms with van der Waals surface area (Å²) in [5, 5.41) is 0. The van der Waals surface area contributed by atoms with Crippen LogP contribution in [0.15, 0.2) is 10.5 Å². The molecule has 0 aliphatic heterocycles. The maximum atomic E-state index is 12.2. The van der Waals surface area contributed by atoms with Crippen LogP contribution in [0, 0.1) is 0 Å². The summed E-state index contributed by atoms with van der Waals surface area (Å²) in [7, 11) is 0. The minimum absolute atomic E-state index is 0.156. The Labute approximate surface area is 164 Å². The van der Waals surface area contributed by atoms with Crippen LogP contribution in [-0.4, -0.2) is 31.0 Å². The van der Waals surface area contributed by atoms with Crippen molar-refractivity contribution in [2.24, 2.45) is 0 Å². The Bertz CT molecular complexity index is 480. The molecule has 2 nitrogen and oxygen atoms in total. The Balaban J connectivity index is 3.21. The molecule has 0 aromatic carbocycles. The molecule has 0 bridgehead atoms. The van der Waals surface area contributed by atoms with Crippen LogP contribution in [0.3, 0.4) is 0 Å². The second kappa shape index (κ2) is 11.9. The first-order valence-electron chi connectivity index (χ1n) is 9.51. The second-order valence-corrected chi connectivity index (χ2v) is 22.6. The number of carbonyl (C=O) groups is 1. The molecule has 1 aromatic rings. The van der Waals surface area contributed by atoms with E-state index in [4.69, 9.17) is 4.74 Å². The van der Waals surface area contributed by atoms with Crippen molar-refractivity contribution in [1.82, 2.24) is 0 Å². The molecule has 0 saturated heterocycles. The maximum absolute atomic E-state index is 12.2. The fourth-order valence-corrected chi connectivity index (χ4v) is 27.1. The zero-order chi connectivity index (χ0) is 18.0. The summed E-state index contributed by atoms with van der Waals surface area (Å²) in [4.78, 5) is 13.0. The van der Waals surface area contributed by atoms with E-state index < -0.39 is 18.4 Å². The van der Waals surface area contributed by atoms with Crippen molar-refractivity contribution in [3.05, 3.63) is 15.4 Å². The summed E-state index contributed by atoms with van der Waals surface area (Å²) in [6.07, 6.45) is 7.81. The minimum atomic E-state index is -2.47. The number of carbonyl (C=O) groups excluding carboxylic acids is 1. The van der Waals surface area contributed by atoms with Gasteiger partial charge in [-0.05, 0) is 0 Å². The van der Waals surface area contributed by atoms with Gasteiger partial charge in [0.2, 0.25) is 0 Å². The van der Waals surface area contributed by atoms with Crippen molar-refractivity contribution in [3.63, 3.8) is 0 Å². The summed E-state index contributed by atoms with van der Waals surface area (Å²) >= 11 is 3.07. The number of esters is 1. The molecule has 1 aromatic heterocycles. The van der Waals surface area contributed by atoms with Gasteiger partial charge in [0, 0.05) is 0 Å². The number of hydrogen-bond donors (Lipinski definition) is 0. The van der Waals surface area contributed by atoms with Crippen molar-refractivity contribution in [1.29, 1.82) is 0 Å². The van der Waals surface area contributed by atoms with Crippen LogP contribution in [0.5, 0.6) is 0 Å². The van der Waals surface area contributed by atoms with E-state index in [0.717, 1.165) is 4.88 Å². The molecular weight excluding hydrogens is 491 g/mol. The Kier molecular flexibility index (Phi) is 11.2. The van der Waals surface area contributed by atoms with Crippen LogP contribution in [0.2, 0.25) is 13.3 Å². The third-order valence-corrected chi connectivity index (χ3v) is 26.1. The van der Waals surface area contributed by atoms with E-state index in [1.54, 1.807) is 14.2 Å². The molecule has 0 unspecified atom stereocenters. The molecule has 0 spiro atoms. The number of hydrogen-bond acceptors (Lipinski definition) is 3. The van der Waals surface area contributed by atoms with E-state index in [2.05, 4.69) is 36.7 Å². The van der Waals surface area contributed by atoms with Gasteiger partial charge in [0.1, 0.15) is 0 Å². The quantitative estimate of drug-likeness (QED) is 0.224. The van der Waals surface area contributed by atoms with Gasteiger partial charge in [0.05, 0.1) is 0 Å². The van der Waals surface area contributed by atoms with Gasteiger partial charge in [-0.1, -0.05) is 0 Å². The van der Waals surface area contributed by atoms with E-state index in [1.807, 2.05) is 13.0 Å². The number of ether oxygens (including phenoxy) is 1. The third-order valence-electron chi connectivity index (χ3n) is 4.67. The standard InChI is InChI=1S/C7H6BrO2S.3C4H9.Sn/c1-2-10-7(9)6-3-5(8)4-11-6;3*1-3-4-2;/h3H,2H2,1H3;3*1,3-4H2,2H3;. The van der Waals surface area contributed by atoms with Gasteiger partial charge < -0.3 is 0 Å². The first-order chi connectivity index (χ1) is 11.5. The fourth-order valence-electron chi connectivity index (χ4n) is 3.29. The van der Waals surface area contributed by atoms with Crippen molar-refractivity contribution in [2.75, 3.05) is 6.61 Å². The van der Waals surface area contributed by atoms with Crippen molar-refractivity contribution < 1.29 is 9.53 Å². The molecular formula is C19H33BrO2SSn. The van der Waals surface area contributed by atoms with E-state index in [-0.39, 0.29) is 5.97 Å². The summed E-state index contributed by atoms with van der Waals surface area (Å²) < 4.78 is 12.3. The molecule has 0 saturated carbocycles. The molecule has 0 N–H and O–H groups in total. The van der Waals surface area contributed by atoms with E-state index >= 15 is 0 Å². The topological polar surface area (TPSA) is 26.3 Å². The van der Waals surface area contributed by atoms with Crippen LogP contribution >= 0.6 is 27.3 Å². The molecule has 1 rings (SSSR count). The zero-order valence-electron chi connectivity index (χ0n) is 15.8. The predicted molar refractivity (Wildman–Crippen MR) is 113 cm³/mol. The average Bonchev–Trinajstić information content (AvgIpc) is 2.97. The van der Waals surface area contributed by atoms with E-state index in [9.17, 15) is 4.79 Å².